The molecule has 0 fully saturated rings. The largest absolute Gasteiger partial charge is 0.497 e. The first-order valence-corrected chi connectivity index (χ1v) is 10.5. The number of halogens is 1. The SMILES string of the molecule is COc1ccc2nc(C(NC(=O)c3ccco3)C(C)C)n(Cc3cccc(Cl)c3)c2c1. The maximum absolute atomic E-state index is 12.7. The number of nitrogens with one attached hydrogen (secondary N) is 1. The predicted octanol–water partition coefficient (Wildman–Crippen LogP) is 5.47. The van der Waals surface area contributed by atoms with Gasteiger partial charge in [0.2, 0.25) is 0 Å². The van der Waals surface area contributed by atoms with Gasteiger partial charge in [-0.1, -0.05) is 37.6 Å². The number of amides is 1. The van der Waals surface area contributed by atoms with E-state index in [-0.39, 0.29) is 23.6 Å². The normalized spacial score (nSPS) is 12.3. The number of nitrogens with zero attached hydrogens (tertiary/aromatic N) is 2. The molecule has 160 valence electrons. The molecular formula is C24H24ClN3O3. The molecule has 4 rings (SSSR count). The molecule has 1 unspecified atom stereocenters. The Hall–Kier alpha value is -3.25. The van der Waals surface area contributed by atoms with Crippen LogP contribution in [0.4, 0.5) is 0 Å². The van der Waals surface area contributed by atoms with Crippen LogP contribution in [0.3, 0.4) is 0 Å². The molecule has 0 aliphatic rings. The highest BCUT2D eigenvalue weighted by molar-refractivity contribution is 6.30. The van der Waals surface area contributed by atoms with Crippen molar-refractivity contribution in [2.45, 2.75) is 26.4 Å². The molecule has 6 nitrogen and oxygen atoms in total. The Morgan fingerprint density at radius 3 is 2.71 bits per heavy atom. The average molecular weight is 438 g/mol. The summed E-state index contributed by atoms with van der Waals surface area (Å²) in [6.07, 6.45) is 1.49. The standard InChI is InChI=1S/C24H24ClN3O3/c1-15(2)22(27-24(29)21-8-5-11-31-21)23-26-19-10-9-18(30-3)13-20(19)28(23)14-16-6-4-7-17(25)12-16/h4-13,15,22H,14H2,1-3H3,(H,27,29). The molecule has 0 bridgehead atoms. The first-order chi connectivity index (χ1) is 15.0. The van der Waals surface area contributed by atoms with Crippen molar-refractivity contribution in [3.05, 3.63) is 83.0 Å². The lowest BCUT2D eigenvalue weighted by atomic mass is 10.0. The molecule has 0 aliphatic carbocycles. The molecule has 2 aromatic carbocycles. The summed E-state index contributed by atoms with van der Waals surface area (Å²) in [7, 11) is 1.64. The third kappa shape index (κ3) is 4.44. The van der Waals surface area contributed by atoms with Crippen molar-refractivity contribution < 1.29 is 13.9 Å². The molecule has 0 spiro atoms. The van der Waals surface area contributed by atoms with Crippen LogP contribution in [-0.2, 0) is 6.54 Å². The Labute approximate surface area is 185 Å². The maximum atomic E-state index is 12.7. The number of fused-ring (bicyclic) bond motifs is 1. The van der Waals surface area contributed by atoms with Crippen molar-refractivity contribution in [1.29, 1.82) is 0 Å². The summed E-state index contributed by atoms with van der Waals surface area (Å²) < 4.78 is 12.8. The van der Waals surface area contributed by atoms with Gasteiger partial charge in [-0.3, -0.25) is 4.79 Å². The number of imidazole rings is 1. The Morgan fingerprint density at radius 1 is 1.19 bits per heavy atom. The van der Waals surface area contributed by atoms with Gasteiger partial charge in [-0.05, 0) is 47.9 Å². The fourth-order valence-electron chi connectivity index (χ4n) is 3.62. The van der Waals surface area contributed by atoms with Gasteiger partial charge in [0.25, 0.3) is 5.91 Å². The topological polar surface area (TPSA) is 69.3 Å². The Morgan fingerprint density at radius 2 is 2.03 bits per heavy atom. The smallest absolute Gasteiger partial charge is 0.287 e. The van der Waals surface area contributed by atoms with Crippen molar-refractivity contribution in [1.82, 2.24) is 14.9 Å². The van der Waals surface area contributed by atoms with Crippen molar-refractivity contribution in [3.63, 3.8) is 0 Å². The fraction of sp³-hybridized carbons (Fsp3) is 0.250. The van der Waals surface area contributed by atoms with Gasteiger partial charge in [-0.15, -0.1) is 0 Å². The third-order valence-electron chi connectivity index (χ3n) is 5.19. The molecule has 4 aromatic rings. The van der Waals surface area contributed by atoms with Crippen molar-refractivity contribution in [2.24, 2.45) is 5.92 Å². The minimum absolute atomic E-state index is 0.0933. The number of hydrogen-bond acceptors (Lipinski definition) is 4. The van der Waals surface area contributed by atoms with Gasteiger partial charge in [-0.25, -0.2) is 4.98 Å². The van der Waals surface area contributed by atoms with E-state index in [1.54, 1.807) is 19.2 Å². The number of hydrogen-bond donors (Lipinski definition) is 1. The second-order valence-corrected chi connectivity index (χ2v) is 8.15. The molecule has 1 N–H and O–H groups in total. The number of benzene rings is 2. The molecule has 2 heterocycles. The lowest BCUT2D eigenvalue weighted by Gasteiger charge is -2.23. The Balaban J connectivity index is 1.81. The quantitative estimate of drug-likeness (QED) is 0.416. The molecule has 2 aromatic heterocycles. The van der Waals surface area contributed by atoms with Crippen molar-refractivity contribution in [2.75, 3.05) is 7.11 Å². The van der Waals surface area contributed by atoms with E-state index >= 15 is 0 Å². The van der Waals surface area contributed by atoms with E-state index in [0.717, 1.165) is 28.2 Å². The van der Waals surface area contributed by atoms with Gasteiger partial charge in [0, 0.05) is 17.6 Å². The van der Waals surface area contributed by atoms with Gasteiger partial charge in [0.05, 0.1) is 30.4 Å². The number of carbonyl (C=O) groups excluding carboxylic acids is 1. The van der Waals surface area contributed by atoms with Crippen LogP contribution in [-0.4, -0.2) is 22.6 Å². The molecule has 0 saturated heterocycles. The van der Waals surface area contributed by atoms with Gasteiger partial charge in [0.15, 0.2) is 5.76 Å². The van der Waals surface area contributed by atoms with Crippen LogP contribution in [0.25, 0.3) is 11.0 Å². The summed E-state index contributed by atoms with van der Waals surface area (Å²) in [4.78, 5) is 17.6. The molecule has 31 heavy (non-hydrogen) atoms. The summed E-state index contributed by atoms with van der Waals surface area (Å²) >= 11 is 6.22. The fourth-order valence-corrected chi connectivity index (χ4v) is 3.83. The van der Waals surface area contributed by atoms with E-state index in [2.05, 4.69) is 23.7 Å². The molecular weight excluding hydrogens is 414 g/mol. The van der Waals surface area contributed by atoms with Crippen LogP contribution in [0.15, 0.2) is 65.3 Å². The Kier molecular flexibility index (Phi) is 6.00. The van der Waals surface area contributed by atoms with E-state index in [1.807, 2.05) is 42.5 Å². The zero-order chi connectivity index (χ0) is 22.0. The minimum atomic E-state index is -0.324. The number of carbonyl (C=O) groups is 1. The summed E-state index contributed by atoms with van der Waals surface area (Å²) in [5, 5.41) is 3.76. The number of aromatic nitrogens is 2. The van der Waals surface area contributed by atoms with Crippen molar-refractivity contribution >= 4 is 28.5 Å². The van der Waals surface area contributed by atoms with E-state index in [9.17, 15) is 4.79 Å². The summed E-state index contributed by atoms with van der Waals surface area (Å²) in [5.74, 6) is 1.59. The highest BCUT2D eigenvalue weighted by Crippen LogP contribution is 2.29. The van der Waals surface area contributed by atoms with E-state index in [0.29, 0.717) is 11.6 Å². The number of rotatable bonds is 7. The van der Waals surface area contributed by atoms with Crippen molar-refractivity contribution in [3.8, 4) is 5.75 Å². The Bertz CT molecular complexity index is 1200. The third-order valence-corrected chi connectivity index (χ3v) is 5.43. The lowest BCUT2D eigenvalue weighted by molar-refractivity contribution is 0.0894. The average Bonchev–Trinajstić information content (AvgIpc) is 3.40. The molecule has 7 heteroatoms. The highest BCUT2D eigenvalue weighted by Gasteiger charge is 2.26. The molecule has 0 saturated carbocycles. The molecule has 0 aliphatic heterocycles. The van der Waals surface area contributed by atoms with Gasteiger partial charge in [0.1, 0.15) is 11.6 Å². The second-order valence-electron chi connectivity index (χ2n) is 7.71. The van der Waals surface area contributed by atoms with E-state index in [1.165, 1.54) is 6.26 Å². The van der Waals surface area contributed by atoms with Crippen LogP contribution in [0.5, 0.6) is 5.75 Å². The molecule has 1 amide bonds. The zero-order valence-corrected chi connectivity index (χ0v) is 18.4. The van der Waals surface area contributed by atoms with E-state index in [4.69, 9.17) is 25.7 Å². The predicted molar refractivity (Wildman–Crippen MR) is 121 cm³/mol. The summed E-state index contributed by atoms with van der Waals surface area (Å²) in [5.41, 5.74) is 2.79. The van der Waals surface area contributed by atoms with Gasteiger partial charge in [-0.2, -0.15) is 0 Å². The molecule has 1 atom stereocenters. The number of methoxy groups -OCH3 is 1. The maximum Gasteiger partial charge on any atom is 0.287 e. The lowest BCUT2D eigenvalue weighted by Crippen LogP contribution is -2.33. The van der Waals surface area contributed by atoms with Crippen LogP contribution in [0.1, 0.15) is 41.8 Å². The minimum Gasteiger partial charge on any atom is -0.497 e. The van der Waals surface area contributed by atoms with Gasteiger partial charge >= 0.3 is 0 Å². The second kappa shape index (κ2) is 8.86. The number of ether oxygens (including phenoxy) is 1. The summed E-state index contributed by atoms with van der Waals surface area (Å²) in [6.45, 7) is 4.66. The first-order valence-electron chi connectivity index (χ1n) is 10.1. The van der Waals surface area contributed by atoms with Crippen LogP contribution >= 0.6 is 11.6 Å². The van der Waals surface area contributed by atoms with Crippen LogP contribution in [0.2, 0.25) is 5.02 Å². The first kappa shape index (κ1) is 21.0. The van der Waals surface area contributed by atoms with E-state index < -0.39 is 0 Å². The monoisotopic (exact) mass is 437 g/mol. The zero-order valence-electron chi connectivity index (χ0n) is 17.6. The highest BCUT2D eigenvalue weighted by atomic mass is 35.5. The molecule has 0 radical (unpaired) electrons. The van der Waals surface area contributed by atoms with Crippen LogP contribution in [0, 0.1) is 5.92 Å². The van der Waals surface area contributed by atoms with Crippen LogP contribution < -0.4 is 10.1 Å². The number of furan rings is 1. The van der Waals surface area contributed by atoms with Gasteiger partial charge < -0.3 is 19.0 Å². The summed E-state index contributed by atoms with van der Waals surface area (Å²) in [6, 6.07) is 16.5.